The number of ether oxygens (including phenoxy) is 8. The molecule has 0 amide bonds. The van der Waals surface area contributed by atoms with Crippen molar-refractivity contribution >= 4 is 24.2 Å². The van der Waals surface area contributed by atoms with Gasteiger partial charge in [-0.2, -0.15) is 0 Å². The van der Waals surface area contributed by atoms with E-state index in [9.17, 15) is 29.4 Å². The van der Waals surface area contributed by atoms with Crippen molar-refractivity contribution in [3.05, 3.63) is 59.7 Å². The minimum Gasteiger partial charge on any atom is -0.466 e. The van der Waals surface area contributed by atoms with Gasteiger partial charge >= 0.3 is 17.9 Å². The zero-order valence-corrected chi connectivity index (χ0v) is 39.2. The summed E-state index contributed by atoms with van der Waals surface area (Å²) in [7, 11) is 1.20. The van der Waals surface area contributed by atoms with Crippen molar-refractivity contribution in [1.82, 2.24) is 0 Å². The van der Waals surface area contributed by atoms with Gasteiger partial charge in [-0.25, -0.2) is 4.79 Å². The second-order valence-corrected chi connectivity index (χ2v) is 19.4. The average molecular weight is 899 g/mol. The minimum atomic E-state index is -2.30. The average Bonchev–Trinajstić information content (AvgIpc) is 3.23. The number of methoxy groups -OCH3 is 1. The first-order chi connectivity index (χ1) is 30.4. The molecule has 5 rings (SSSR count). The molecule has 64 heavy (non-hydrogen) atoms. The van der Waals surface area contributed by atoms with Crippen molar-refractivity contribution in [2.24, 2.45) is 23.2 Å². The third kappa shape index (κ3) is 13.8. The second-order valence-electron chi connectivity index (χ2n) is 19.4. The summed E-state index contributed by atoms with van der Waals surface area (Å²) < 4.78 is 49.2. The summed E-state index contributed by atoms with van der Waals surface area (Å²) >= 11 is 0. The first-order valence-corrected chi connectivity index (χ1v) is 23.4. The van der Waals surface area contributed by atoms with Crippen LogP contribution in [0.3, 0.4) is 0 Å². The normalized spacial score (nSPS) is 32.2. The van der Waals surface area contributed by atoms with E-state index in [1.165, 1.54) is 32.6 Å². The van der Waals surface area contributed by atoms with E-state index < -0.39 is 65.4 Å². The lowest BCUT2D eigenvalue weighted by molar-refractivity contribution is -0.342. The lowest BCUT2D eigenvalue weighted by Crippen LogP contribution is -2.62. The topological polar surface area (TPSA) is 183 Å². The molecule has 1 spiro atoms. The Kier molecular flexibility index (Phi) is 18.7. The van der Waals surface area contributed by atoms with E-state index in [4.69, 9.17) is 37.9 Å². The highest BCUT2D eigenvalue weighted by Gasteiger charge is 2.57. The van der Waals surface area contributed by atoms with Gasteiger partial charge in [0.05, 0.1) is 63.4 Å². The molecule has 1 aliphatic carbocycles. The SMILES string of the molecule is COC(=O)/C=C1\C[C@@H](C[C@@H](OC(=O)C[C@H](O)C[C@@H]2CCC[C@H](C[C@@H]3CCO[C@@]4(C[C@H](C)CC[C@H]4C(C)C)O3)O2)[C@H](C)OCc2ccccc2)O[C@@](O)(C(C)(C)/C=C/C=O)[C@H]1OC(C)=O. The van der Waals surface area contributed by atoms with Gasteiger partial charge in [-0.05, 0) is 80.9 Å². The Morgan fingerprint density at radius 3 is 2.39 bits per heavy atom. The number of rotatable bonds is 19. The summed E-state index contributed by atoms with van der Waals surface area (Å²) in [5, 5.41) is 23.7. The van der Waals surface area contributed by atoms with Crippen LogP contribution in [0, 0.1) is 23.2 Å². The van der Waals surface area contributed by atoms with Gasteiger partial charge in [0.1, 0.15) is 12.4 Å². The summed E-state index contributed by atoms with van der Waals surface area (Å²) in [6.45, 7) is 13.8. The molecule has 3 aliphatic heterocycles. The summed E-state index contributed by atoms with van der Waals surface area (Å²) in [5.74, 6) is -3.66. The number of aldehydes is 1. The maximum atomic E-state index is 13.8. The molecule has 14 heteroatoms. The number of benzene rings is 1. The quantitative estimate of drug-likeness (QED) is 0.0613. The molecule has 1 aromatic carbocycles. The van der Waals surface area contributed by atoms with Gasteiger partial charge in [0.2, 0.25) is 5.79 Å². The first-order valence-electron chi connectivity index (χ1n) is 23.4. The molecule has 1 saturated carbocycles. The van der Waals surface area contributed by atoms with E-state index in [2.05, 4.69) is 20.8 Å². The fourth-order valence-corrected chi connectivity index (χ4v) is 10.1. The van der Waals surface area contributed by atoms with Crippen LogP contribution >= 0.6 is 0 Å². The van der Waals surface area contributed by atoms with Crippen LogP contribution in [-0.4, -0.2) is 109 Å². The molecule has 1 aromatic rings. The number of carbonyl (C=O) groups excluding carboxylic acids is 4. The molecule has 358 valence electrons. The Morgan fingerprint density at radius 2 is 1.70 bits per heavy atom. The van der Waals surface area contributed by atoms with E-state index in [1.807, 2.05) is 30.3 Å². The summed E-state index contributed by atoms with van der Waals surface area (Å²) in [6, 6.07) is 9.49. The van der Waals surface area contributed by atoms with Crippen molar-refractivity contribution in [3.63, 3.8) is 0 Å². The maximum absolute atomic E-state index is 13.8. The summed E-state index contributed by atoms with van der Waals surface area (Å²) in [6.07, 6.45) is 6.19. The predicted molar refractivity (Wildman–Crippen MR) is 236 cm³/mol. The minimum absolute atomic E-state index is 0.0228. The zero-order chi connectivity index (χ0) is 46.7. The van der Waals surface area contributed by atoms with Crippen LogP contribution in [0.1, 0.15) is 131 Å². The molecular formula is C50H74O14. The highest BCUT2D eigenvalue weighted by Crippen LogP contribution is 2.48. The van der Waals surface area contributed by atoms with Gasteiger partial charge in [0.15, 0.2) is 11.9 Å². The number of esters is 3. The molecule has 0 bridgehead atoms. The summed E-state index contributed by atoms with van der Waals surface area (Å²) in [4.78, 5) is 50.2. The highest BCUT2D eigenvalue weighted by molar-refractivity contribution is 5.83. The van der Waals surface area contributed by atoms with E-state index in [0.29, 0.717) is 30.6 Å². The molecule has 4 fully saturated rings. The standard InChI is InChI=1S/C50H74O14/c1-32(2)43-19-18-33(3)30-49(43)59-23-20-41(63-49)28-40-17-12-16-39(61-40)26-38(53)27-46(55)62-44(34(4)58-31-36-14-10-9-11-15-36)29-42-24-37(25-45(54)57-8)47(60-35(5)52)50(56,64-42)48(6,7)21-13-22-51/h9-11,13-15,21-22,25,32-34,38-44,47,53,56H,12,16-20,23-24,26-31H2,1-8H3/b21-13+,37-25+/t33-,34+,38-,39+,40-,41+,42+,43+,44-,47+,49+,50-/m1/s1. The van der Waals surface area contributed by atoms with Crippen molar-refractivity contribution in [1.29, 1.82) is 0 Å². The predicted octanol–water partition coefficient (Wildman–Crippen LogP) is 7.25. The van der Waals surface area contributed by atoms with Crippen molar-refractivity contribution in [2.45, 2.75) is 193 Å². The van der Waals surface area contributed by atoms with Crippen LogP contribution in [0.5, 0.6) is 0 Å². The molecular weight excluding hydrogens is 825 g/mol. The smallest absolute Gasteiger partial charge is 0.330 e. The van der Waals surface area contributed by atoms with Crippen molar-refractivity contribution in [2.75, 3.05) is 13.7 Å². The van der Waals surface area contributed by atoms with Gasteiger partial charge in [-0.3, -0.25) is 14.4 Å². The molecule has 0 radical (unpaired) electrons. The Labute approximate surface area is 379 Å². The van der Waals surface area contributed by atoms with Gasteiger partial charge in [-0.15, -0.1) is 0 Å². The number of carbonyl (C=O) groups is 4. The van der Waals surface area contributed by atoms with Crippen molar-refractivity contribution < 1.29 is 67.3 Å². The Bertz CT molecular complexity index is 1740. The van der Waals surface area contributed by atoms with E-state index in [0.717, 1.165) is 56.6 Å². The lowest BCUT2D eigenvalue weighted by atomic mass is 9.72. The number of aliphatic hydroxyl groups excluding tert-OH is 1. The van der Waals surface area contributed by atoms with Crippen molar-refractivity contribution in [3.8, 4) is 0 Å². The molecule has 3 saturated heterocycles. The van der Waals surface area contributed by atoms with Gasteiger partial charge < -0.3 is 48.1 Å². The molecule has 2 N–H and O–H groups in total. The maximum Gasteiger partial charge on any atom is 0.330 e. The molecule has 12 atom stereocenters. The fourth-order valence-electron chi connectivity index (χ4n) is 10.1. The third-order valence-electron chi connectivity index (χ3n) is 13.5. The van der Waals surface area contributed by atoms with Crippen LogP contribution < -0.4 is 0 Å². The largest absolute Gasteiger partial charge is 0.466 e. The molecule has 4 aliphatic rings. The number of aliphatic hydroxyl groups is 2. The number of hydrogen-bond donors (Lipinski definition) is 2. The third-order valence-corrected chi connectivity index (χ3v) is 13.5. The number of hydrogen-bond acceptors (Lipinski definition) is 14. The molecule has 14 nitrogen and oxygen atoms in total. The number of allylic oxidation sites excluding steroid dienone is 1. The van der Waals surface area contributed by atoms with Crippen LogP contribution in [0.2, 0.25) is 0 Å². The van der Waals surface area contributed by atoms with Gasteiger partial charge in [0.25, 0.3) is 0 Å². The molecule has 0 aromatic heterocycles. The lowest BCUT2D eigenvalue weighted by Gasteiger charge is -2.51. The molecule has 0 unspecified atom stereocenters. The second kappa shape index (κ2) is 23.3. The monoisotopic (exact) mass is 899 g/mol. The first kappa shape index (κ1) is 51.5. The highest BCUT2D eigenvalue weighted by atomic mass is 16.7. The zero-order valence-electron chi connectivity index (χ0n) is 39.2. The van der Waals surface area contributed by atoms with Gasteiger partial charge in [0, 0.05) is 43.6 Å². The van der Waals surface area contributed by atoms with Crippen LogP contribution in [0.25, 0.3) is 0 Å². The van der Waals surface area contributed by atoms with Gasteiger partial charge in [-0.1, -0.05) is 77.4 Å². The van der Waals surface area contributed by atoms with Crippen LogP contribution in [-0.2, 0) is 63.7 Å². The Morgan fingerprint density at radius 1 is 0.969 bits per heavy atom. The van der Waals surface area contributed by atoms with E-state index in [-0.39, 0.29) is 56.2 Å². The Hall–Kier alpha value is -3.50. The summed E-state index contributed by atoms with van der Waals surface area (Å²) in [5.41, 5.74) is -0.270. The fraction of sp³-hybridized carbons (Fsp3) is 0.720. The van der Waals surface area contributed by atoms with Crippen LogP contribution in [0.4, 0.5) is 0 Å². The van der Waals surface area contributed by atoms with E-state index >= 15 is 0 Å². The van der Waals surface area contributed by atoms with Crippen LogP contribution in [0.15, 0.2) is 54.1 Å². The Balaban J connectivity index is 1.27. The van der Waals surface area contributed by atoms with E-state index in [1.54, 1.807) is 20.8 Å². The molecule has 3 heterocycles.